The zero-order valence-electron chi connectivity index (χ0n) is 20.2. The highest BCUT2D eigenvalue weighted by atomic mass is 16.2. The van der Waals surface area contributed by atoms with Gasteiger partial charge in [0.1, 0.15) is 5.82 Å². The number of benzene rings is 2. The molecule has 3 heterocycles. The number of nitrogens with two attached hydrogens (primary N) is 2. The number of nitrogen functional groups attached to an aromatic ring is 2. The molecule has 2 aromatic carbocycles. The molecular formula is C28H31N5O2. The number of rotatable bonds is 5. The lowest BCUT2D eigenvalue weighted by Gasteiger charge is -2.23. The summed E-state index contributed by atoms with van der Waals surface area (Å²) in [6, 6.07) is 17.5. The maximum absolute atomic E-state index is 13.6. The average Bonchev–Trinajstić information content (AvgIpc) is 3.35. The molecule has 7 nitrogen and oxygen atoms in total. The first kappa shape index (κ1) is 22.9. The largest absolute Gasteiger partial charge is 0.399 e. The van der Waals surface area contributed by atoms with Gasteiger partial charge in [0.05, 0.1) is 5.92 Å². The number of pyridine rings is 1. The van der Waals surface area contributed by atoms with Crippen LogP contribution in [0, 0.1) is 5.92 Å². The highest BCUT2D eigenvalue weighted by Crippen LogP contribution is 2.42. The first-order valence-electron chi connectivity index (χ1n) is 12.0. The minimum Gasteiger partial charge on any atom is -0.399 e. The van der Waals surface area contributed by atoms with Crippen LogP contribution < -0.4 is 21.3 Å². The number of aryl methyl sites for hydroxylation is 2. The summed E-state index contributed by atoms with van der Waals surface area (Å²) in [5.74, 6) is 0.124. The minimum absolute atomic E-state index is 0.0114. The van der Waals surface area contributed by atoms with Crippen molar-refractivity contribution in [2.45, 2.75) is 38.5 Å². The van der Waals surface area contributed by atoms with E-state index in [-0.39, 0.29) is 29.6 Å². The number of carbonyl (C=O) groups excluding carboxylic acids is 2. The standard InChI is InChI=1S/C28H31N5O2/c1-28(2)17-33(27(35)20-13-26(34)32(16-20)22-5-3-4-21(29)14-22)24-10-8-18(12-23(24)28)6-7-19-9-11-25(30)31-15-19/h3-5,8-12,14-15,20H,6-7,13,16-17,29H2,1-2H3,(H2,30,31). The number of hydrogen-bond acceptors (Lipinski definition) is 5. The topological polar surface area (TPSA) is 106 Å². The Bertz CT molecular complexity index is 1280. The molecule has 1 atom stereocenters. The highest BCUT2D eigenvalue weighted by molar-refractivity contribution is 6.05. The molecule has 180 valence electrons. The normalized spacial score (nSPS) is 18.7. The zero-order valence-corrected chi connectivity index (χ0v) is 20.2. The molecule has 0 spiro atoms. The summed E-state index contributed by atoms with van der Waals surface area (Å²) in [5.41, 5.74) is 17.3. The van der Waals surface area contributed by atoms with Crippen molar-refractivity contribution in [1.82, 2.24) is 4.98 Å². The molecular weight excluding hydrogens is 438 g/mol. The fourth-order valence-electron chi connectivity index (χ4n) is 5.19. The van der Waals surface area contributed by atoms with Crippen LogP contribution in [0.3, 0.4) is 0 Å². The van der Waals surface area contributed by atoms with Gasteiger partial charge in [0.2, 0.25) is 11.8 Å². The van der Waals surface area contributed by atoms with E-state index in [9.17, 15) is 9.59 Å². The van der Waals surface area contributed by atoms with E-state index in [1.54, 1.807) is 17.0 Å². The Balaban J connectivity index is 1.32. The van der Waals surface area contributed by atoms with Crippen molar-refractivity contribution in [2.24, 2.45) is 5.92 Å². The summed E-state index contributed by atoms with van der Waals surface area (Å²) >= 11 is 0. The summed E-state index contributed by atoms with van der Waals surface area (Å²) < 4.78 is 0. The van der Waals surface area contributed by atoms with Gasteiger partial charge in [-0.2, -0.15) is 0 Å². The monoisotopic (exact) mass is 469 g/mol. The van der Waals surface area contributed by atoms with Crippen LogP contribution in [0.2, 0.25) is 0 Å². The first-order chi connectivity index (χ1) is 16.7. The van der Waals surface area contributed by atoms with Crippen molar-refractivity contribution in [3.05, 3.63) is 77.5 Å². The van der Waals surface area contributed by atoms with Crippen LogP contribution in [-0.4, -0.2) is 29.9 Å². The smallest absolute Gasteiger partial charge is 0.232 e. The fraction of sp³-hybridized carbons (Fsp3) is 0.321. The van der Waals surface area contributed by atoms with E-state index in [1.165, 1.54) is 11.1 Å². The van der Waals surface area contributed by atoms with Crippen LogP contribution in [0.25, 0.3) is 0 Å². The Morgan fingerprint density at radius 2 is 1.83 bits per heavy atom. The second-order valence-corrected chi connectivity index (χ2v) is 10.3. The van der Waals surface area contributed by atoms with Crippen LogP contribution in [0.15, 0.2) is 60.8 Å². The molecule has 4 N–H and O–H groups in total. The van der Waals surface area contributed by atoms with Gasteiger partial charge in [0.15, 0.2) is 0 Å². The van der Waals surface area contributed by atoms with Crippen molar-refractivity contribution < 1.29 is 9.59 Å². The summed E-state index contributed by atoms with van der Waals surface area (Å²) in [6.07, 6.45) is 3.80. The van der Waals surface area contributed by atoms with E-state index in [0.717, 1.165) is 29.8 Å². The second kappa shape index (κ2) is 8.73. The minimum atomic E-state index is -0.372. The van der Waals surface area contributed by atoms with E-state index < -0.39 is 0 Å². The quantitative estimate of drug-likeness (QED) is 0.554. The van der Waals surface area contributed by atoms with Crippen molar-refractivity contribution in [3.63, 3.8) is 0 Å². The summed E-state index contributed by atoms with van der Waals surface area (Å²) in [5, 5.41) is 0. The molecule has 0 radical (unpaired) electrons. The number of fused-ring (bicyclic) bond motifs is 1. The van der Waals surface area contributed by atoms with E-state index in [2.05, 4.69) is 37.0 Å². The predicted molar refractivity (Wildman–Crippen MR) is 139 cm³/mol. The number of hydrogen-bond donors (Lipinski definition) is 2. The Morgan fingerprint density at radius 3 is 2.57 bits per heavy atom. The molecule has 5 rings (SSSR count). The van der Waals surface area contributed by atoms with Gasteiger partial charge in [-0.3, -0.25) is 9.59 Å². The molecule has 2 aliphatic rings. The molecule has 1 saturated heterocycles. The van der Waals surface area contributed by atoms with Gasteiger partial charge in [0.25, 0.3) is 0 Å². The Morgan fingerprint density at radius 1 is 1.06 bits per heavy atom. The van der Waals surface area contributed by atoms with Gasteiger partial charge in [-0.25, -0.2) is 4.98 Å². The average molecular weight is 470 g/mol. The lowest BCUT2D eigenvalue weighted by atomic mass is 9.85. The molecule has 1 fully saturated rings. The Hall–Kier alpha value is -3.87. The summed E-state index contributed by atoms with van der Waals surface area (Å²) in [6.45, 7) is 5.33. The number of nitrogens with zero attached hydrogens (tertiary/aromatic N) is 3. The third kappa shape index (κ3) is 4.46. The van der Waals surface area contributed by atoms with Gasteiger partial charge < -0.3 is 21.3 Å². The molecule has 35 heavy (non-hydrogen) atoms. The van der Waals surface area contributed by atoms with Gasteiger partial charge in [0, 0.05) is 48.2 Å². The SMILES string of the molecule is CC1(C)CN(C(=O)C2CC(=O)N(c3cccc(N)c3)C2)c2ccc(CCc3ccc(N)nc3)cc21. The van der Waals surface area contributed by atoms with Crippen molar-refractivity contribution in [3.8, 4) is 0 Å². The third-order valence-electron chi connectivity index (χ3n) is 7.11. The molecule has 7 heteroatoms. The first-order valence-corrected chi connectivity index (χ1v) is 12.0. The molecule has 1 aromatic heterocycles. The van der Waals surface area contributed by atoms with Gasteiger partial charge >= 0.3 is 0 Å². The molecule has 0 aliphatic carbocycles. The summed E-state index contributed by atoms with van der Waals surface area (Å²) in [4.78, 5) is 34.1. The van der Waals surface area contributed by atoms with Crippen LogP contribution >= 0.6 is 0 Å². The number of amides is 2. The van der Waals surface area contributed by atoms with Crippen molar-refractivity contribution in [1.29, 1.82) is 0 Å². The third-order valence-corrected chi connectivity index (χ3v) is 7.11. The zero-order chi connectivity index (χ0) is 24.7. The second-order valence-electron chi connectivity index (χ2n) is 10.3. The molecule has 2 amide bonds. The predicted octanol–water partition coefficient (Wildman–Crippen LogP) is 3.71. The highest BCUT2D eigenvalue weighted by Gasteiger charge is 2.43. The lowest BCUT2D eigenvalue weighted by molar-refractivity contribution is -0.124. The Kier molecular flexibility index (Phi) is 5.71. The van der Waals surface area contributed by atoms with Crippen LogP contribution in [0.1, 0.15) is 37.0 Å². The van der Waals surface area contributed by atoms with Crippen molar-refractivity contribution >= 4 is 34.7 Å². The lowest BCUT2D eigenvalue weighted by Crippen LogP contribution is -2.39. The van der Waals surface area contributed by atoms with Gasteiger partial charge in [-0.15, -0.1) is 0 Å². The molecule has 2 aliphatic heterocycles. The van der Waals surface area contributed by atoms with Crippen molar-refractivity contribution in [2.75, 3.05) is 34.4 Å². The number of carbonyl (C=O) groups is 2. The molecule has 1 unspecified atom stereocenters. The van der Waals surface area contributed by atoms with Crippen LogP contribution in [0.5, 0.6) is 0 Å². The molecule has 3 aromatic rings. The van der Waals surface area contributed by atoms with Crippen LogP contribution in [0.4, 0.5) is 22.9 Å². The number of aromatic nitrogens is 1. The van der Waals surface area contributed by atoms with E-state index in [1.807, 2.05) is 35.4 Å². The van der Waals surface area contributed by atoms with E-state index in [0.29, 0.717) is 24.6 Å². The maximum atomic E-state index is 13.6. The van der Waals surface area contributed by atoms with E-state index >= 15 is 0 Å². The van der Waals surface area contributed by atoms with E-state index in [4.69, 9.17) is 11.5 Å². The van der Waals surface area contributed by atoms with Gasteiger partial charge in [-0.05, 0) is 59.9 Å². The maximum Gasteiger partial charge on any atom is 0.232 e. The Labute approximate surface area is 205 Å². The number of anilines is 4. The summed E-state index contributed by atoms with van der Waals surface area (Å²) in [7, 11) is 0. The molecule has 0 bridgehead atoms. The fourth-order valence-corrected chi connectivity index (χ4v) is 5.19. The molecule has 0 saturated carbocycles. The van der Waals surface area contributed by atoms with Gasteiger partial charge in [-0.1, -0.05) is 38.1 Å². The van der Waals surface area contributed by atoms with Crippen LogP contribution in [-0.2, 0) is 27.8 Å².